The summed E-state index contributed by atoms with van der Waals surface area (Å²) in [5.74, 6) is -0.695. The van der Waals surface area contributed by atoms with E-state index in [1.54, 1.807) is 12.1 Å². The molecule has 26 heavy (non-hydrogen) atoms. The standard InChI is InChI=1S/C18H26N4O3S/c1-22(2)16-10-5-8-14-13(16)7-6-11-17(14)26(24,25)21-15(18(20)23)9-3-4-12-19/h5-8,10-11,15,21H,3-4,9,12,19H2,1-2H3,(H2,20,23). The average Bonchev–Trinajstić information content (AvgIpc) is 2.59. The molecule has 1 unspecified atom stereocenters. The second-order valence-electron chi connectivity index (χ2n) is 6.38. The van der Waals surface area contributed by atoms with Crippen molar-refractivity contribution in [3.05, 3.63) is 36.4 Å². The van der Waals surface area contributed by atoms with Crippen LogP contribution in [-0.4, -0.2) is 41.0 Å². The highest BCUT2D eigenvalue weighted by Crippen LogP contribution is 2.30. The second-order valence-corrected chi connectivity index (χ2v) is 8.07. The van der Waals surface area contributed by atoms with Crippen LogP contribution in [0.1, 0.15) is 19.3 Å². The number of rotatable bonds is 9. The van der Waals surface area contributed by atoms with E-state index >= 15 is 0 Å². The number of hydrogen-bond acceptors (Lipinski definition) is 5. The Morgan fingerprint density at radius 2 is 1.77 bits per heavy atom. The Labute approximate surface area is 154 Å². The van der Waals surface area contributed by atoms with E-state index in [-0.39, 0.29) is 4.90 Å². The van der Waals surface area contributed by atoms with Gasteiger partial charge in [0.2, 0.25) is 15.9 Å². The van der Waals surface area contributed by atoms with Crippen LogP contribution in [0.2, 0.25) is 0 Å². The quantitative estimate of drug-likeness (QED) is 0.566. The van der Waals surface area contributed by atoms with Crippen LogP contribution in [0, 0.1) is 0 Å². The summed E-state index contributed by atoms with van der Waals surface area (Å²) in [5, 5.41) is 1.41. The molecule has 1 atom stereocenters. The van der Waals surface area contributed by atoms with Gasteiger partial charge in [0.05, 0.1) is 4.90 Å². The number of nitrogens with one attached hydrogen (secondary N) is 1. The summed E-state index contributed by atoms with van der Waals surface area (Å²) in [6.45, 7) is 0.481. The first-order valence-electron chi connectivity index (χ1n) is 8.48. The molecule has 2 aromatic carbocycles. The first-order valence-corrected chi connectivity index (χ1v) is 9.97. The molecule has 5 N–H and O–H groups in total. The summed E-state index contributed by atoms with van der Waals surface area (Å²) in [6.07, 6.45) is 1.64. The van der Waals surface area contributed by atoms with Gasteiger partial charge in [-0.25, -0.2) is 8.42 Å². The van der Waals surface area contributed by atoms with Gasteiger partial charge in [0.15, 0.2) is 0 Å². The van der Waals surface area contributed by atoms with Crippen molar-refractivity contribution >= 4 is 32.4 Å². The van der Waals surface area contributed by atoms with E-state index in [0.717, 1.165) is 11.1 Å². The molecule has 8 heteroatoms. The van der Waals surface area contributed by atoms with Crippen molar-refractivity contribution in [2.45, 2.75) is 30.2 Å². The lowest BCUT2D eigenvalue weighted by atomic mass is 10.1. The van der Waals surface area contributed by atoms with Crippen LogP contribution in [-0.2, 0) is 14.8 Å². The lowest BCUT2D eigenvalue weighted by Crippen LogP contribution is -2.44. The number of carbonyl (C=O) groups is 1. The number of benzene rings is 2. The maximum absolute atomic E-state index is 12.9. The van der Waals surface area contributed by atoms with Crippen molar-refractivity contribution in [1.82, 2.24) is 4.72 Å². The van der Waals surface area contributed by atoms with Gasteiger partial charge < -0.3 is 16.4 Å². The first kappa shape index (κ1) is 20.2. The molecule has 0 aromatic heterocycles. The molecular weight excluding hydrogens is 352 g/mol. The zero-order valence-corrected chi connectivity index (χ0v) is 15.9. The van der Waals surface area contributed by atoms with E-state index in [2.05, 4.69) is 4.72 Å². The number of carbonyl (C=O) groups excluding carboxylic acids is 1. The van der Waals surface area contributed by atoms with E-state index < -0.39 is 22.0 Å². The van der Waals surface area contributed by atoms with Crippen LogP contribution >= 0.6 is 0 Å². The number of unbranched alkanes of at least 4 members (excludes halogenated alkanes) is 1. The lowest BCUT2D eigenvalue weighted by Gasteiger charge is -2.19. The number of sulfonamides is 1. The van der Waals surface area contributed by atoms with E-state index in [9.17, 15) is 13.2 Å². The molecule has 0 heterocycles. The summed E-state index contributed by atoms with van der Waals surface area (Å²) in [6, 6.07) is 9.62. The predicted molar refractivity (Wildman–Crippen MR) is 104 cm³/mol. The van der Waals surface area contributed by atoms with Gasteiger partial charge in [0.25, 0.3) is 0 Å². The SMILES string of the molecule is CN(C)c1cccc2c(S(=O)(=O)NC(CCCCN)C(N)=O)cccc12. The van der Waals surface area contributed by atoms with Crippen molar-refractivity contribution < 1.29 is 13.2 Å². The minimum atomic E-state index is -3.91. The largest absolute Gasteiger partial charge is 0.377 e. The molecule has 0 aliphatic rings. The minimum Gasteiger partial charge on any atom is -0.377 e. The Hall–Kier alpha value is -2.16. The van der Waals surface area contributed by atoms with E-state index in [0.29, 0.717) is 31.2 Å². The molecule has 0 spiro atoms. The number of hydrogen-bond donors (Lipinski definition) is 3. The van der Waals surface area contributed by atoms with Gasteiger partial charge in [-0.15, -0.1) is 0 Å². The maximum Gasteiger partial charge on any atom is 0.241 e. The number of fused-ring (bicyclic) bond motifs is 1. The molecule has 0 fully saturated rings. The topological polar surface area (TPSA) is 119 Å². The summed E-state index contributed by atoms with van der Waals surface area (Å²) in [4.78, 5) is 13.7. The molecule has 0 aliphatic carbocycles. The lowest BCUT2D eigenvalue weighted by molar-refractivity contribution is -0.119. The fourth-order valence-electron chi connectivity index (χ4n) is 2.89. The van der Waals surface area contributed by atoms with Gasteiger partial charge in [-0.3, -0.25) is 4.79 Å². The Morgan fingerprint density at radius 3 is 2.38 bits per heavy atom. The predicted octanol–water partition coefficient (Wildman–Crippen LogP) is 1.17. The van der Waals surface area contributed by atoms with Gasteiger partial charge in [-0.2, -0.15) is 4.72 Å². The Balaban J connectivity index is 2.42. The molecule has 1 amide bonds. The third-order valence-electron chi connectivity index (χ3n) is 4.22. The zero-order valence-electron chi connectivity index (χ0n) is 15.1. The molecule has 0 saturated heterocycles. The van der Waals surface area contributed by atoms with E-state index in [1.165, 1.54) is 6.07 Å². The number of anilines is 1. The summed E-state index contributed by atoms with van der Waals surface area (Å²) >= 11 is 0. The number of nitrogens with zero attached hydrogens (tertiary/aromatic N) is 1. The Kier molecular flexibility index (Phi) is 6.57. The molecule has 7 nitrogen and oxygen atoms in total. The highest BCUT2D eigenvalue weighted by Gasteiger charge is 2.25. The monoisotopic (exact) mass is 378 g/mol. The third kappa shape index (κ3) is 4.51. The van der Waals surface area contributed by atoms with Crippen LogP contribution in [0.25, 0.3) is 10.8 Å². The molecule has 142 valence electrons. The van der Waals surface area contributed by atoms with Crippen molar-refractivity contribution in [2.75, 3.05) is 25.5 Å². The van der Waals surface area contributed by atoms with Crippen molar-refractivity contribution in [2.24, 2.45) is 11.5 Å². The van der Waals surface area contributed by atoms with Crippen molar-refractivity contribution in [3.8, 4) is 0 Å². The molecule has 0 aliphatic heterocycles. The highest BCUT2D eigenvalue weighted by atomic mass is 32.2. The van der Waals surface area contributed by atoms with Gasteiger partial charge in [0, 0.05) is 30.6 Å². The van der Waals surface area contributed by atoms with Crippen LogP contribution in [0.4, 0.5) is 5.69 Å². The smallest absolute Gasteiger partial charge is 0.241 e. The van der Waals surface area contributed by atoms with Crippen LogP contribution < -0.4 is 21.1 Å². The zero-order chi connectivity index (χ0) is 19.3. The molecule has 2 aromatic rings. The fraction of sp³-hybridized carbons (Fsp3) is 0.389. The van der Waals surface area contributed by atoms with Gasteiger partial charge >= 0.3 is 0 Å². The molecule has 0 radical (unpaired) electrons. The molecule has 0 bridgehead atoms. The Bertz CT molecular complexity index is 881. The normalized spacial score (nSPS) is 12.9. The van der Waals surface area contributed by atoms with Crippen LogP contribution in [0.15, 0.2) is 41.3 Å². The average molecular weight is 378 g/mol. The highest BCUT2D eigenvalue weighted by molar-refractivity contribution is 7.89. The Morgan fingerprint density at radius 1 is 1.12 bits per heavy atom. The number of amides is 1. The second kappa shape index (κ2) is 8.48. The minimum absolute atomic E-state index is 0.128. The van der Waals surface area contributed by atoms with Crippen molar-refractivity contribution in [3.63, 3.8) is 0 Å². The summed E-state index contributed by atoms with van der Waals surface area (Å²) in [7, 11) is -0.116. The van der Waals surface area contributed by atoms with E-state index in [4.69, 9.17) is 11.5 Å². The van der Waals surface area contributed by atoms with Crippen molar-refractivity contribution in [1.29, 1.82) is 0 Å². The molecule has 2 rings (SSSR count). The summed E-state index contributed by atoms with van der Waals surface area (Å²) in [5.41, 5.74) is 11.7. The fourth-order valence-corrected chi connectivity index (χ4v) is 4.35. The van der Waals surface area contributed by atoms with Gasteiger partial charge in [0.1, 0.15) is 6.04 Å². The van der Waals surface area contributed by atoms with Crippen LogP contribution in [0.5, 0.6) is 0 Å². The number of primary amides is 1. The van der Waals surface area contributed by atoms with E-state index in [1.807, 2.05) is 37.2 Å². The first-order chi connectivity index (χ1) is 12.3. The van der Waals surface area contributed by atoms with Gasteiger partial charge in [-0.1, -0.05) is 30.7 Å². The molecular formula is C18H26N4O3S. The maximum atomic E-state index is 12.9. The third-order valence-corrected chi connectivity index (χ3v) is 5.75. The van der Waals surface area contributed by atoms with Crippen LogP contribution in [0.3, 0.4) is 0 Å². The van der Waals surface area contributed by atoms with Gasteiger partial charge in [-0.05, 0) is 31.5 Å². The summed E-state index contributed by atoms with van der Waals surface area (Å²) < 4.78 is 28.3. The number of nitrogens with two attached hydrogens (primary N) is 2. The molecule has 0 saturated carbocycles.